The zero-order chi connectivity index (χ0) is 17.1. The molecule has 0 bridgehead atoms. The van der Waals surface area contributed by atoms with Crippen molar-refractivity contribution in [1.29, 1.82) is 0 Å². The Balaban J connectivity index is 2.08. The molecule has 0 aliphatic heterocycles. The van der Waals surface area contributed by atoms with Gasteiger partial charge in [0, 0.05) is 23.0 Å². The second-order valence-corrected chi connectivity index (χ2v) is 5.85. The number of allylic oxidation sites excluding steroid dienone is 1. The van der Waals surface area contributed by atoms with E-state index in [1.165, 1.54) is 24.5 Å². The van der Waals surface area contributed by atoms with Gasteiger partial charge in [-0.05, 0) is 42.0 Å². The molecule has 0 saturated heterocycles. The number of carbonyl (C=O) groups is 1. The molecule has 2 aromatic carbocycles. The number of benzene rings is 2. The van der Waals surface area contributed by atoms with E-state index in [0.29, 0.717) is 21.8 Å². The van der Waals surface area contributed by atoms with Crippen LogP contribution in [-0.4, -0.2) is 15.3 Å². The summed E-state index contributed by atoms with van der Waals surface area (Å²) in [5.74, 6) is -0.637. The molecule has 0 radical (unpaired) electrons. The molecule has 24 heavy (non-hydrogen) atoms. The predicted octanol–water partition coefficient (Wildman–Crippen LogP) is 5.21. The van der Waals surface area contributed by atoms with E-state index in [0.717, 1.165) is 0 Å². The van der Waals surface area contributed by atoms with E-state index in [9.17, 15) is 9.18 Å². The fraction of sp³-hybridized carbons (Fsp3) is 0. The lowest BCUT2D eigenvalue weighted by atomic mass is 10.1. The van der Waals surface area contributed by atoms with Crippen LogP contribution in [0, 0.1) is 5.82 Å². The van der Waals surface area contributed by atoms with Crippen LogP contribution in [0.25, 0.3) is 11.8 Å². The molecule has 0 unspecified atom stereocenters. The number of aromatic nitrogens is 2. The Bertz CT molecular complexity index is 903. The van der Waals surface area contributed by atoms with Crippen molar-refractivity contribution in [2.45, 2.75) is 0 Å². The maximum absolute atomic E-state index is 13.1. The molecule has 0 fully saturated rings. The number of imidazole rings is 1. The molecular formula is C18H11Cl2FN2O. The van der Waals surface area contributed by atoms with Crippen molar-refractivity contribution in [3.05, 3.63) is 88.2 Å². The van der Waals surface area contributed by atoms with Crippen LogP contribution in [0.5, 0.6) is 0 Å². The van der Waals surface area contributed by atoms with Gasteiger partial charge in [-0.1, -0.05) is 35.3 Å². The molecule has 0 saturated carbocycles. The van der Waals surface area contributed by atoms with Crippen LogP contribution >= 0.6 is 23.2 Å². The average molecular weight is 361 g/mol. The summed E-state index contributed by atoms with van der Waals surface area (Å²) in [5.41, 5.74) is 1.34. The lowest BCUT2D eigenvalue weighted by Gasteiger charge is -2.10. The number of hydrogen-bond donors (Lipinski definition) is 0. The van der Waals surface area contributed by atoms with Gasteiger partial charge < -0.3 is 4.57 Å². The van der Waals surface area contributed by atoms with Crippen LogP contribution in [0.15, 0.2) is 61.2 Å². The van der Waals surface area contributed by atoms with Crippen molar-refractivity contribution in [2.24, 2.45) is 0 Å². The van der Waals surface area contributed by atoms with Crippen LogP contribution in [-0.2, 0) is 0 Å². The van der Waals surface area contributed by atoms with Crippen molar-refractivity contribution in [3.63, 3.8) is 0 Å². The summed E-state index contributed by atoms with van der Waals surface area (Å²) >= 11 is 12.0. The molecule has 1 heterocycles. The standard InChI is InChI=1S/C18H11Cl2FN2O/c19-13-3-6-15(16(20)10-13)18(24)17(23-8-7-22-11-23)9-12-1-4-14(21)5-2-12/h1-11H. The number of carbonyl (C=O) groups excluding carboxylic acids is 1. The molecular weight excluding hydrogens is 350 g/mol. The molecule has 3 rings (SSSR count). The molecule has 3 aromatic rings. The topological polar surface area (TPSA) is 34.9 Å². The second kappa shape index (κ2) is 6.99. The zero-order valence-corrected chi connectivity index (χ0v) is 13.8. The van der Waals surface area contributed by atoms with Crippen molar-refractivity contribution < 1.29 is 9.18 Å². The van der Waals surface area contributed by atoms with E-state index in [4.69, 9.17) is 23.2 Å². The lowest BCUT2D eigenvalue weighted by Crippen LogP contribution is -2.08. The third kappa shape index (κ3) is 3.55. The first-order valence-electron chi connectivity index (χ1n) is 7.00. The number of hydrogen-bond acceptors (Lipinski definition) is 2. The molecule has 0 atom stereocenters. The van der Waals surface area contributed by atoms with Gasteiger partial charge in [-0.15, -0.1) is 0 Å². The van der Waals surface area contributed by atoms with Gasteiger partial charge in [-0.25, -0.2) is 9.37 Å². The van der Waals surface area contributed by atoms with Gasteiger partial charge in [0.25, 0.3) is 0 Å². The van der Waals surface area contributed by atoms with E-state index >= 15 is 0 Å². The van der Waals surface area contributed by atoms with Crippen molar-refractivity contribution in [1.82, 2.24) is 9.55 Å². The SMILES string of the molecule is O=C(C(=Cc1ccc(F)cc1)n1ccnc1)c1ccc(Cl)cc1Cl. The Labute approximate surface area is 148 Å². The number of rotatable bonds is 4. The Kier molecular flexibility index (Phi) is 4.79. The van der Waals surface area contributed by atoms with Crippen LogP contribution in [0.2, 0.25) is 10.0 Å². The minimum absolute atomic E-state index is 0.262. The first-order chi connectivity index (χ1) is 11.5. The normalized spacial score (nSPS) is 11.5. The Morgan fingerprint density at radius 2 is 1.88 bits per heavy atom. The highest BCUT2D eigenvalue weighted by molar-refractivity contribution is 6.40. The number of Topliss-reactive ketones (excluding diaryl/α,β-unsaturated/α-hetero) is 1. The Hall–Kier alpha value is -2.43. The van der Waals surface area contributed by atoms with Gasteiger partial charge in [-0.2, -0.15) is 0 Å². The van der Waals surface area contributed by atoms with E-state index in [2.05, 4.69) is 4.98 Å². The highest BCUT2D eigenvalue weighted by atomic mass is 35.5. The van der Waals surface area contributed by atoms with Gasteiger partial charge >= 0.3 is 0 Å². The first kappa shape index (κ1) is 16.4. The third-order valence-electron chi connectivity index (χ3n) is 3.36. The van der Waals surface area contributed by atoms with Crippen LogP contribution in [0.1, 0.15) is 15.9 Å². The smallest absolute Gasteiger partial charge is 0.211 e. The fourth-order valence-corrected chi connectivity index (χ4v) is 2.68. The van der Waals surface area contributed by atoms with E-state index in [1.54, 1.807) is 47.3 Å². The second-order valence-electron chi connectivity index (χ2n) is 5.00. The highest BCUT2D eigenvalue weighted by Crippen LogP contribution is 2.25. The quantitative estimate of drug-likeness (QED) is 0.472. The maximum Gasteiger partial charge on any atom is 0.211 e. The fourth-order valence-electron chi connectivity index (χ4n) is 2.19. The molecule has 120 valence electrons. The van der Waals surface area contributed by atoms with Crippen molar-refractivity contribution in [3.8, 4) is 0 Å². The number of ketones is 1. The minimum atomic E-state index is -0.344. The molecule has 3 nitrogen and oxygen atoms in total. The summed E-state index contributed by atoms with van der Waals surface area (Å²) in [6.45, 7) is 0. The molecule has 0 aliphatic carbocycles. The Morgan fingerprint density at radius 1 is 1.12 bits per heavy atom. The monoisotopic (exact) mass is 360 g/mol. The molecule has 0 spiro atoms. The van der Waals surface area contributed by atoms with Crippen molar-refractivity contribution in [2.75, 3.05) is 0 Å². The van der Waals surface area contributed by atoms with Gasteiger partial charge in [0.1, 0.15) is 5.82 Å². The first-order valence-corrected chi connectivity index (χ1v) is 7.75. The molecule has 0 aliphatic rings. The average Bonchev–Trinajstić information content (AvgIpc) is 3.08. The number of nitrogens with zero attached hydrogens (tertiary/aromatic N) is 2. The molecule has 0 amide bonds. The summed E-state index contributed by atoms with van der Waals surface area (Å²) in [6, 6.07) is 10.5. The number of halogens is 3. The summed E-state index contributed by atoms with van der Waals surface area (Å²) in [5, 5.41) is 0.709. The summed E-state index contributed by atoms with van der Waals surface area (Å²) in [4.78, 5) is 16.9. The summed E-state index contributed by atoms with van der Waals surface area (Å²) in [6.07, 6.45) is 6.37. The summed E-state index contributed by atoms with van der Waals surface area (Å²) in [7, 11) is 0. The molecule has 0 N–H and O–H groups in total. The van der Waals surface area contributed by atoms with Gasteiger partial charge in [0.05, 0.1) is 17.0 Å². The lowest BCUT2D eigenvalue weighted by molar-refractivity contribution is 0.105. The predicted molar refractivity (Wildman–Crippen MR) is 93.6 cm³/mol. The van der Waals surface area contributed by atoms with Gasteiger partial charge in [0.15, 0.2) is 0 Å². The Morgan fingerprint density at radius 3 is 2.50 bits per heavy atom. The van der Waals surface area contributed by atoms with Gasteiger partial charge in [-0.3, -0.25) is 4.79 Å². The van der Waals surface area contributed by atoms with Crippen molar-refractivity contribution >= 4 is 40.8 Å². The maximum atomic E-state index is 13.1. The van der Waals surface area contributed by atoms with Gasteiger partial charge in [0.2, 0.25) is 5.78 Å². The molecule has 6 heteroatoms. The third-order valence-corrected chi connectivity index (χ3v) is 3.91. The van der Waals surface area contributed by atoms with E-state index in [-0.39, 0.29) is 16.6 Å². The largest absolute Gasteiger partial charge is 0.303 e. The van der Waals surface area contributed by atoms with E-state index < -0.39 is 0 Å². The van der Waals surface area contributed by atoms with Crippen LogP contribution in [0.4, 0.5) is 4.39 Å². The summed E-state index contributed by atoms with van der Waals surface area (Å²) < 4.78 is 14.7. The zero-order valence-electron chi connectivity index (χ0n) is 12.3. The highest BCUT2D eigenvalue weighted by Gasteiger charge is 2.17. The van der Waals surface area contributed by atoms with Crippen LogP contribution < -0.4 is 0 Å². The van der Waals surface area contributed by atoms with E-state index in [1.807, 2.05) is 0 Å². The van der Waals surface area contributed by atoms with Crippen LogP contribution in [0.3, 0.4) is 0 Å². The molecule has 1 aromatic heterocycles. The minimum Gasteiger partial charge on any atom is -0.303 e.